The fourth-order valence-corrected chi connectivity index (χ4v) is 1.37. The lowest BCUT2D eigenvalue weighted by Crippen LogP contribution is -2.03. The van der Waals surface area contributed by atoms with Crippen molar-refractivity contribution in [1.82, 2.24) is 0 Å². The summed E-state index contributed by atoms with van der Waals surface area (Å²) in [6.45, 7) is 4.79. The molecule has 0 radical (unpaired) electrons. The number of aromatic carboxylic acids is 1. The summed E-state index contributed by atoms with van der Waals surface area (Å²) in [7, 11) is 0. The molecule has 0 aliphatic carbocycles. The Balaban J connectivity index is 2.68. The van der Waals surface area contributed by atoms with Crippen LogP contribution in [0.5, 0.6) is 5.75 Å². The highest BCUT2D eigenvalue weighted by molar-refractivity contribution is 6.33. The Morgan fingerprint density at radius 1 is 1.50 bits per heavy atom. The van der Waals surface area contributed by atoms with Crippen molar-refractivity contribution in [3.05, 3.63) is 28.8 Å². The van der Waals surface area contributed by atoms with Crippen LogP contribution >= 0.6 is 11.6 Å². The number of ether oxygens (including phenoxy) is 1. The number of carboxylic acid groups (broad SMARTS) is 1. The smallest absolute Gasteiger partial charge is 0.337 e. The number of rotatable bonds is 5. The molecule has 1 N–H and O–H groups in total. The second kappa shape index (κ2) is 5.75. The van der Waals surface area contributed by atoms with E-state index in [9.17, 15) is 4.79 Å². The Kier molecular flexibility index (Phi) is 4.62. The number of carboxylic acids is 1. The van der Waals surface area contributed by atoms with E-state index >= 15 is 0 Å². The maximum absolute atomic E-state index is 10.8. The molecule has 0 aliphatic rings. The van der Waals surface area contributed by atoms with Crippen LogP contribution < -0.4 is 4.74 Å². The van der Waals surface area contributed by atoms with Gasteiger partial charge in [-0.2, -0.15) is 0 Å². The summed E-state index contributed by atoms with van der Waals surface area (Å²) in [6, 6.07) is 4.66. The molecule has 0 bridgehead atoms. The lowest BCUT2D eigenvalue weighted by Gasteiger charge is -2.09. The van der Waals surface area contributed by atoms with E-state index < -0.39 is 5.97 Å². The van der Waals surface area contributed by atoms with Crippen molar-refractivity contribution in [3.63, 3.8) is 0 Å². The number of halogens is 1. The summed E-state index contributed by atoms with van der Waals surface area (Å²) < 4.78 is 5.44. The molecule has 3 nitrogen and oxygen atoms in total. The Morgan fingerprint density at radius 3 is 2.75 bits per heavy atom. The fraction of sp³-hybridized carbons (Fsp3) is 0.417. The third kappa shape index (κ3) is 3.74. The summed E-state index contributed by atoms with van der Waals surface area (Å²) in [5.74, 6) is 0.0630. The van der Waals surface area contributed by atoms with Crippen LogP contribution in [0, 0.1) is 5.92 Å². The Hall–Kier alpha value is -1.22. The molecule has 0 fully saturated rings. The van der Waals surface area contributed by atoms with Gasteiger partial charge in [0.05, 0.1) is 17.2 Å². The van der Waals surface area contributed by atoms with Crippen molar-refractivity contribution >= 4 is 17.6 Å². The van der Waals surface area contributed by atoms with E-state index in [1.165, 1.54) is 12.1 Å². The Bertz CT molecular complexity index is 375. The third-order valence-corrected chi connectivity index (χ3v) is 2.46. The second-order valence-electron chi connectivity index (χ2n) is 3.98. The number of hydrogen-bond acceptors (Lipinski definition) is 2. The molecule has 0 aromatic heterocycles. The van der Waals surface area contributed by atoms with Gasteiger partial charge in [0.15, 0.2) is 0 Å². The van der Waals surface area contributed by atoms with Crippen molar-refractivity contribution < 1.29 is 14.6 Å². The fourth-order valence-electron chi connectivity index (χ4n) is 1.17. The first kappa shape index (κ1) is 12.8. The quantitative estimate of drug-likeness (QED) is 0.860. The summed E-state index contributed by atoms with van der Waals surface area (Å²) in [6.07, 6.45) is 0.936. The van der Waals surface area contributed by atoms with Gasteiger partial charge in [-0.25, -0.2) is 4.79 Å². The van der Waals surface area contributed by atoms with Gasteiger partial charge in [-0.3, -0.25) is 0 Å². The van der Waals surface area contributed by atoms with Crippen LogP contribution in [0.25, 0.3) is 0 Å². The number of hydrogen-bond donors (Lipinski definition) is 1. The average Bonchev–Trinajstić information content (AvgIpc) is 2.19. The molecule has 0 spiro atoms. The molecule has 0 heterocycles. The first-order valence-corrected chi connectivity index (χ1v) is 5.54. The van der Waals surface area contributed by atoms with Crippen LogP contribution in [-0.2, 0) is 0 Å². The summed E-state index contributed by atoms with van der Waals surface area (Å²) in [5.41, 5.74) is 0.0729. The third-order valence-electron chi connectivity index (χ3n) is 2.13. The molecule has 1 aromatic rings. The molecule has 0 amide bonds. The van der Waals surface area contributed by atoms with Crippen molar-refractivity contribution in [2.24, 2.45) is 5.92 Å². The highest BCUT2D eigenvalue weighted by atomic mass is 35.5. The predicted molar refractivity (Wildman–Crippen MR) is 63.4 cm³/mol. The summed E-state index contributed by atoms with van der Waals surface area (Å²) in [4.78, 5) is 10.8. The lowest BCUT2D eigenvalue weighted by atomic mass is 10.1. The number of carbonyl (C=O) groups is 1. The predicted octanol–water partition coefficient (Wildman–Crippen LogP) is 3.46. The maximum atomic E-state index is 10.8. The summed E-state index contributed by atoms with van der Waals surface area (Å²) >= 11 is 5.74. The zero-order chi connectivity index (χ0) is 12.1. The molecule has 4 heteroatoms. The molecule has 0 saturated heterocycles. The standard InChI is InChI=1S/C12H15ClO3/c1-8(2)5-6-16-9-3-4-11(13)10(7-9)12(14)15/h3-4,7-8H,5-6H2,1-2H3,(H,14,15). The van der Waals surface area contributed by atoms with Crippen LogP contribution in [0.15, 0.2) is 18.2 Å². The molecule has 0 aliphatic heterocycles. The molecule has 1 aromatic carbocycles. The molecule has 16 heavy (non-hydrogen) atoms. The molecular formula is C12H15ClO3. The van der Waals surface area contributed by atoms with Crippen molar-refractivity contribution in [1.29, 1.82) is 0 Å². The van der Waals surface area contributed by atoms with Gasteiger partial charge in [0.25, 0.3) is 0 Å². The topological polar surface area (TPSA) is 46.5 Å². The minimum Gasteiger partial charge on any atom is -0.494 e. The van der Waals surface area contributed by atoms with Gasteiger partial charge in [-0.15, -0.1) is 0 Å². The van der Waals surface area contributed by atoms with Crippen molar-refractivity contribution in [3.8, 4) is 5.75 Å². The molecule has 0 saturated carbocycles. The Morgan fingerprint density at radius 2 is 2.19 bits per heavy atom. The van der Waals surface area contributed by atoms with Crippen molar-refractivity contribution in [2.45, 2.75) is 20.3 Å². The van der Waals surface area contributed by atoms with E-state index in [-0.39, 0.29) is 10.6 Å². The van der Waals surface area contributed by atoms with Gasteiger partial charge in [0.2, 0.25) is 0 Å². The van der Waals surface area contributed by atoms with E-state index in [4.69, 9.17) is 21.4 Å². The van der Waals surface area contributed by atoms with Crippen LogP contribution in [0.2, 0.25) is 5.02 Å². The monoisotopic (exact) mass is 242 g/mol. The highest BCUT2D eigenvalue weighted by Gasteiger charge is 2.09. The zero-order valence-corrected chi connectivity index (χ0v) is 10.1. The van der Waals surface area contributed by atoms with E-state index in [0.29, 0.717) is 18.3 Å². The minimum atomic E-state index is -1.04. The van der Waals surface area contributed by atoms with E-state index in [2.05, 4.69) is 13.8 Å². The van der Waals surface area contributed by atoms with Gasteiger partial charge in [-0.05, 0) is 30.5 Å². The first-order valence-electron chi connectivity index (χ1n) is 5.16. The van der Waals surface area contributed by atoms with E-state index in [1.807, 2.05) is 0 Å². The number of benzene rings is 1. The molecule has 1 rings (SSSR count). The zero-order valence-electron chi connectivity index (χ0n) is 9.37. The first-order chi connectivity index (χ1) is 7.50. The van der Waals surface area contributed by atoms with Gasteiger partial charge in [0, 0.05) is 0 Å². The normalized spacial score (nSPS) is 10.5. The van der Waals surface area contributed by atoms with Gasteiger partial charge >= 0.3 is 5.97 Å². The molecule has 0 atom stereocenters. The maximum Gasteiger partial charge on any atom is 0.337 e. The van der Waals surface area contributed by atoms with Crippen molar-refractivity contribution in [2.75, 3.05) is 6.61 Å². The average molecular weight is 243 g/mol. The Labute approximate surface area is 100.0 Å². The van der Waals surface area contributed by atoms with Crippen LogP contribution in [0.4, 0.5) is 0 Å². The van der Waals surface area contributed by atoms with Crippen LogP contribution in [-0.4, -0.2) is 17.7 Å². The molecular weight excluding hydrogens is 228 g/mol. The van der Waals surface area contributed by atoms with Crippen LogP contribution in [0.1, 0.15) is 30.6 Å². The van der Waals surface area contributed by atoms with E-state index in [0.717, 1.165) is 6.42 Å². The summed E-state index contributed by atoms with van der Waals surface area (Å²) in [5, 5.41) is 9.09. The molecule has 88 valence electrons. The SMILES string of the molecule is CC(C)CCOc1ccc(Cl)c(C(=O)O)c1. The van der Waals surface area contributed by atoms with E-state index in [1.54, 1.807) is 6.07 Å². The van der Waals surface area contributed by atoms with Crippen LogP contribution in [0.3, 0.4) is 0 Å². The minimum absolute atomic E-state index is 0.0729. The second-order valence-corrected chi connectivity index (χ2v) is 4.38. The largest absolute Gasteiger partial charge is 0.494 e. The lowest BCUT2D eigenvalue weighted by molar-refractivity contribution is 0.0696. The van der Waals surface area contributed by atoms with Gasteiger partial charge < -0.3 is 9.84 Å². The molecule has 0 unspecified atom stereocenters. The highest BCUT2D eigenvalue weighted by Crippen LogP contribution is 2.22. The van der Waals surface area contributed by atoms with Gasteiger partial charge in [-0.1, -0.05) is 25.4 Å². The van der Waals surface area contributed by atoms with Gasteiger partial charge in [0.1, 0.15) is 5.75 Å².